The van der Waals surface area contributed by atoms with Crippen molar-refractivity contribution in [2.45, 2.75) is 12.7 Å². The first-order valence-corrected chi connectivity index (χ1v) is 8.45. The van der Waals surface area contributed by atoms with Crippen molar-refractivity contribution in [3.8, 4) is 0 Å². The van der Waals surface area contributed by atoms with E-state index < -0.39 is 5.97 Å². The third-order valence-corrected chi connectivity index (χ3v) is 4.40. The molecule has 0 unspecified atom stereocenters. The lowest BCUT2D eigenvalue weighted by molar-refractivity contribution is 0.0698. The Kier molecular flexibility index (Phi) is 5.03. The number of thioether (sulfide) groups is 1. The minimum absolute atomic E-state index is 0.131. The second-order valence-electron chi connectivity index (χ2n) is 4.49. The number of amides is 1. The Balaban J connectivity index is 2.22. The molecule has 1 aromatic carbocycles. The van der Waals surface area contributed by atoms with E-state index in [0.29, 0.717) is 10.6 Å². The van der Waals surface area contributed by atoms with E-state index in [1.165, 1.54) is 11.3 Å². The van der Waals surface area contributed by atoms with Crippen LogP contribution >= 0.6 is 23.1 Å². The summed E-state index contributed by atoms with van der Waals surface area (Å²) in [5.41, 5.74) is 1.73. The number of thiophene rings is 1. The van der Waals surface area contributed by atoms with Gasteiger partial charge in [0.15, 0.2) is 0 Å². The molecule has 0 aliphatic rings. The monoisotopic (exact) mass is 321 g/mol. The number of hydrogen-bond donors (Lipinski definition) is 2. The van der Waals surface area contributed by atoms with Crippen LogP contribution < -0.4 is 5.32 Å². The molecular weight excluding hydrogens is 306 g/mol. The van der Waals surface area contributed by atoms with Crippen molar-refractivity contribution >= 4 is 40.0 Å². The number of rotatable bonds is 5. The minimum Gasteiger partial charge on any atom is -0.478 e. The fourth-order valence-corrected chi connectivity index (χ4v) is 3.32. The van der Waals surface area contributed by atoms with E-state index in [4.69, 9.17) is 5.11 Å². The highest BCUT2D eigenvalue weighted by Crippen LogP contribution is 2.28. The van der Waals surface area contributed by atoms with Gasteiger partial charge in [-0.2, -0.15) is 11.8 Å². The Morgan fingerprint density at radius 3 is 2.76 bits per heavy atom. The van der Waals surface area contributed by atoms with Crippen molar-refractivity contribution in [2.24, 2.45) is 0 Å². The molecule has 21 heavy (non-hydrogen) atoms. The number of aryl methyl sites for hydroxylation is 1. The summed E-state index contributed by atoms with van der Waals surface area (Å²) in [5, 5.41) is 12.2. The Hall–Kier alpha value is -1.79. The topological polar surface area (TPSA) is 66.4 Å². The first-order valence-electron chi connectivity index (χ1n) is 6.24. The lowest BCUT2D eigenvalue weighted by atomic mass is 10.1. The molecular formula is C15H15NO3S2. The normalized spacial score (nSPS) is 10.4. The molecule has 0 radical (unpaired) electrons. The molecule has 0 aliphatic carbocycles. The van der Waals surface area contributed by atoms with Crippen molar-refractivity contribution < 1.29 is 14.7 Å². The molecule has 0 spiro atoms. The van der Waals surface area contributed by atoms with Gasteiger partial charge in [0, 0.05) is 16.2 Å². The molecule has 1 aromatic heterocycles. The molecule has 1 heterocycles. The van der Waals surface area contributed by atoms with Gasteiger partial charge in [-0.3, -0.25) is 4.79 Å². The van der Waals surface area contributed by atoms with Gasteiger partial charge >= 0.3 is 5.97 Å². The molecule has 0 saturated carbocycles. The smallest absolute Gasteiger partial charge is 0.338 e. The van der Waals surface area contributed by atoms with Crippen LogP contribution in [0.2, 0.25) is 0 Å². The largest absolute Gasteiger partial charge is 0.478 e. The summed E-state index contributed by atoms with van der Waals surface area (Å²) in [6.45, 7) is 1.81. The maximum atomic E-state index is 12.3. The van der Waals surface area contributed by atoms with Crippen LogP contribution in [0.15, 0.2) is 30.3 Å². The van der Waals surface area contributed by atoms with Gasteiger partial charge in [0.25, 0.3) is 5.91 Å². The van der Waals surface area contributed by atoms with Gasteiger partial charge in [0.05, 0.1) is 5.56 Å². The Labute approximate surface area is 131 Å². The van der Waals surface area contributed by atoms with Crippen LogP contribution in [0.25, 0.3) is 0 Å². The number of benzene rings is 1. The standard InChI is InChI=1S/C15H15NO3S2/c1-9-6-12(15(18)19)14(21-9)16-13(17)11-5-3-4-10(7-11)8-20-2/h3-7H,8H2,1-2H3,(H,16,17)(H,18,19). The third kappa shape index (κ3) is 3.86. The molecule has 4 nitrogen and oxygen atoms in total. The molecule has 0 fully saturated rings. The van der Waals surface area contributed by atoms with E-state index in [1.54, 1.807) is 23.9 Å². The number of carboxylic acids is 1. The first-order chi connectivity index (χ1) is 10.0. The minimum atomic E-state index is -1.04. The highest BCUT2D eigenvalue weighted by molar-refractivity contribution is 7.97. The Bertz CT molecular complexity index is 679. The number of hydrogen-bond acceptors (Lipinski definition) is 4. The van der Waals surface area contributed by atoms with Crippen LogP contribution in [0.4, 0.5) is 5.00 Å². The van der Waals surface area contributed by atoms with E-state index in [1.807, 2.05) is 31.4 Å². The van der Waals surface area contributed by atoms with Gasteiger partial charge in [-0.15, -0.1) is 11.3 Å². The fourth-order valence-electron chi connectivity index (χ4n) is 1.91. The summed E-state index contributed by atoms with van der Waals surface area (Å²) >= 11 is 2.94. The van der Waals surface area contributed by atoms with Crippen molar-refractivity contribution in [2.75, 3.05) is 11.6 Å². The van der Waals surface area contributed by atoms with E-state index in [-0.39, 0.29) is 11.5 Å². The fraction of sp³-hybridized carbons (Fsp3) is 0.200. The van der Waals surface area contributed by atoms with E-state index in [2.05, 4.69) is 5.32 Å². The zero-order chi connectivity index (χ0) is 15.4. The quantitative estimate of drug-likeness (QED) is 0.877. The van der Waals surface area contributed by atoms with Gasteiger partial charge in [0.2, 0.25) is 0 Å². The highest BCUT2D eigenvalue weighted by Gasteiger charge is 2.16. The lowest BCUT2D eigenvalue weighted by Gasteiger charge is -2.06. The van der Waals surface area contributed by atoms with Gasteiger partial charge in [0.1, 0.15) is 5.00 Å². The van der Waals surface area contributed by atoms with E-state index in [0.717, 1.165) is 16.2 Å². The first kappa shape index (κ1) is 15.6. The second-order valence-corrected chi connectivity index (χ2v) is 6.61. The molecule has 0 aliphatic heterocycles. The van der Waals surface area contributed by atoms with Crippen LogP contribution in [-0.2, 0) is 5.75 Å². The predicted octanol–water partition coefficient (Wildman–Crippen LogP) is 3.87. The Morgan fingerprint density at radius 2 is 2.10 bits per heavy atom. The average Bonchev–Trinajstić information content (AvgIpc) is 2.80. The number of carbonyl (C=O) groups is 2. The molecule has 0 atom stereocenters. The van der Waals surface area contributed by atoms with Crippen LogP contribution in [0.3, 0.4) is 0 Å². The van der Waals surface area contributed by atoms with Gasteiger partial charge in [-0.25, -0.2) is 4.79 Å². The molecule has 2 rings (SSSR count). The number of anilines is 1. The number of carboxylic acid groups (broad SMARTS) is 1. The van der Waals surface area contributed by atoms with Crippen LogP contribution in [0, 0.1) is 6.92 Å². The maximum absolute atomic E-state index is 12.3. The summed E-state index contributed by atoms with van der Waals surface area (Å²) in [6.07, 6.45) is 2.00. The summed E-state index contributed by atoms with van der Waals surface area (Å²) in [7, 11) is 0. The maximum Gasteiger partial charge on any atom is 0.338 e. The van der Waals surface area contributed by atoms with Crippen molar-refractivity contribution in [1.29, 1.82) is 0 Å². The molecule has 2 N–H and O–H groups in total. The number of aromatic carboxylic acids is 1. The van der Waals surface area contributed by atoms with Crippen molar-refractivity contribution in [1.82, 2.24) is 0 Å². The van der Waals surface area contributed by atoms with Crippen molar-refractivity contribution in [3.63, 3.8) is 0 Å². The second kappa shape index (κ2) is 6.78. The number of carbonyl (C=O) groups excluding carboxylic acids is 1. The van der Waals surface area contributed by atoms with Gasteiger partial charge in [-0.05, 0) is 36.9 Å². The molecule has 0 bridgehead atoms. The predicted molar refractivity (Wildman–Crippen MR) is 87.6 cm³/mol. The number of nitrogens with one attached hydrogen (secondary N) is 1. The van der Waals surface area contributed by atoms with Gasteiger partial charge < -0.3 is 10.4 Å². The van der Waals surface area contributed by atoms with Crippen molar-refractivity contribution in [3.05, 3.63) is 51.9 Å². The summed E-state index contributed by atoms with van der Waals surface area (Å²) in [6, 6.07) is 8.91. The zero-order valence-electron chi connectivity index (χ0n) is 11.7. The molecule has 0 saturated heterocycles. The molecule has 6 heteroatoms. The van der Waals surface area contributed by atoms with E-state index >= 15 is 0 Å². The van der Waals surface area contributed by atoms with Gasteiger partial charge in [-0.1, -0.05) is 12.1 Å². The summed E-state index contributed by atoms with van der Waals surface area (Å²) in [5.74, 6) is -0.493. The molecule has 1 amide bonds. The molecule has 110 valence electrons. The third-order valence-electron chi connectivity index (χ3n) is 2.81. The SMILES string of the molecule is CSCc1cccc(C(=O)Nc2sc(C)cc2C(=O)O)c1. The molecule has 2 aromatic rings. The van der Waals surface area contributed by atoms with Crippen LogP contribution in [-0.4, -0.2) is 23.2 Å². The van der Waals surface area contributed by atoms with E-state index in [9.17, 15) is 9.59 Å². The summed E-state index contributed by atoms with van der Waals surface area (Å²) in [4.78, 5) is 24.2. The van der Waals surface area contributed by atoms with Crippen LogP contribution in [0.5, 0.6) is 0 Å². The average molecular weight is 321 g/mol. The van der Waals surface area contributed by atoms with Crippen LogP contribution in [0.1, 0.15) is 31.2 Å². The lowest BCUT2D eigenvalue weighted by Crippen LogP contribution is -2.13. The highest BCUT2D eigenvalue weighted by atomic mass is 32.2. The zero-order valence-corrected chi connectivity index (χ0v) is 13.3. The summed E-state index contributed by atoms with van der Waals surface area (Å²) < 4.78 is 0. The Morgan fingerprint density at radius 1 is 1.33 bits per heavy atom.